The molecule has 0 amide bonds. The Hall–Kier alpha value is -1.71. The summed E-state index contributed by atoms with van der Waals surface area (Å²) in [7, 11) is 0. The molecule has 0 radical (unpaired) electrons. The zero-order valence-corrected chi connectivity index (χ0v) is 12.6. The summed E-state index contributed by atoms with van der Waals surface area (Å²) in [5.74, 6) is 0.849. The van der Waals surface area contributed by atoms with Gasteiger partial charge in [0.15, 0.2) is 0 Å². The lowest BCUT2D eigenvalue weighted by Gasteiger charge is -2.07. The molecule has 0 bridgehead atoms. The predicted molar refractivity (Wildman–Crippen MR) is 81.4 cm³/mol. The maximum atomic E-state index is 12.0. The summed E-state index contributed by atoms with van der Waals surface area (Å²) in [5.41, 5.74) is 2.03. The second-order valence-corrected chi connectivity index (χ2v) is 5.61. The first-order chi connectivity index (χ1) is 10.1. The first kappa shape index (κ1) is 14.2. The Morgan fingerprint density at radius 2 is 2.05 bits per heavy atom. The number of rotatable bonds is 3. The van der Waals surface area contributed by atoms with Crippen molar-refractivity contribution >= 4 is 29.2 Å². The van der Waals surface area contributed by atoms with Crippen molar-refractivity contribution in [2.24, 2.45) is 0 Å². The Balaban J connectivity index is 1.69. The highest BCUT2D eigenvalue weighted by atomic mass is 35.5. The number of benzene rings is 2. The number of carbonyl (C=O) groups is 1. The number of hydrogen-bond acceptors (Lipinski definition) is 3. The van der Waals surface area contributed by atoms with Gasteiger partial charge in [-0.1, -0.05) is 35.3 Å². The van der Waals surface area contributed by atoms with Crippen LogP contribution in [-0.2, 0) is 17.6 Å². The standard InChI is InChI=1S/C16H12Cl2O3/c17-12-2-4-15(13(18)9-12)21-16(19)8-10-1-3-14-11(7-10)5-6-20-14/h1-4,7,9H,5-6,8H2. The van der Waals surface area contributed by atoms with E-state index in [2.05, 4.69) is 0 Å². The molecule has 0 spiro atoms. The van der Waals surface area contributed by atoms with Crippen molar-refractivity contribution < 1.29 is 14.3 Å². The number of esters is 1. The molecule has 0 saturated heterocycles. The highest BCUT2D eigenvalue weighted by Crippen LogP contribution is 2.29. The van der Waals surface area contributed by atoms with Crippen LogP contribution in [0.4, 0.5) is 0 Å². The van der Waals surface area contributed by atoms with Crippen LogP contribution in [-0.4, -0.2) is 12.6 Å². The molecule has 5 heteroatoms. The van der Waals surface area contributed by atoms with Crippen molar-refractivity contribution in [2.75, 3.05) is 6.61 Å². The molecular formula is C16H12Cl2O3. The van der Waals surface area contributed by atoms with E-state index in [9.17, 15) is 4.79 Å². The highest BCUT2D eigenvalue weighted by Gasteiger charge is 2.14. The average molecular weight is 323 g/mol. The second-order valence-electron chi connectivity index (χ2n) is 4.77. The molecule has 0 atom stereocenters. The molecule has 0 saturated carbocycles. The number of ether oxygens (including phenoxy) is 2. The number of hydrogen-bond donors (Lipinski definition) is 0. The third-order valence-corrected chi connectivity index (χ3v) is 3.75. The van der Waals surface area contributed by atoms with E-state index < -0.39 is 0 Å². The van der Waals surface area contributed by atoms with Gasteiger partial charge in [0.1, 0.15) is 11.5 Å². The van der Waals surface area contributed by atoms with Gasteiger partial charge in [-0.05, 0) is 35.4 Å². The Morgan fingerprint density at radius 1 is 1.19 bits per heavy atom. The summed E-state index contributed by atoms with van der Waals surface area (Å²) in [6.07, 6.45) is 1.06. The largest absolute Gasteiger partial charge is 0.493 e. The average Bonchev–Trinajstić information content (AvgIpc) is 2.89. The van der Waals surface area contributed by atoms with Crippen LogP contribution in [0.2, 0.25) is 10.0 Å². The lowest BCUT2D eigenvalue weighted by molar-refractivity contribution is -0.133. The molecule has 2 aromatic rings. The van der Waals surface area contributed by atoms with Crippen LogP contribution in [0, 0.1) is 0 Å². The first-order valence-corrected chi connectivity index (χ1v) is 7.28. The summed E-state index contributed by atoms with van der Waals surface area (Å²) in [6.45, 7) is 0.698. The monoisotopic (exact) mass is 322 g/mol. The number of halogens is 2. The summed E-state index contributed by atoms with van der Waals surface area (Å²) in [5, 5.41) is 0.816. The molecule has 0 unspecified atom stereocenters. The minimum atomic E-state index is -0.363. The van der Waals surface area contributed by atoms with Crippen molar-refractivity contribution in [1.82, 2.24) is 0 Å². The Morgan fingerprint density at radius 3 is 2.86 bits per heavy atom. The molecule has 108 valence electrons. The van der Waals surface area contributed by atoms with Gasteiger partial charge in [-0.25, -0.2) is 0 Å². The summed E-state index contributed by atoms with van der Waals surface area (Å²) in [6, 6.07) is 10.5. The summed E-state index contributed by atoms with van der Waals surface area (Å²) < 4.78 is 10.7. The van der Waals surface area contributed by atoms with Crippen molar-refractivity contribution in [3.8, 4) is 11.5 Å². The first-order valence-electron chi connectivity index (χ1n) is 6.52. The fourth-order valence-corrected chi connectivity index (χ4v) is 2.68. The Labute approximate surface area is 132 Å². The maximum Gasteiger partial charge on any atom is 0.315 e. The van der Waals surface area contributed by atoms with Gasteiger partial charge in [0.2, 0.25) is 0 Å². The molecule has 21 heavy (non-hydrogen) atoms. The van der Waals surface area contributed by atoms with Crippen LogP contribution in [0.3, 0.4) is 0 Å². The molecule has 1 aliphatic rings. The van der Waals surface area contributed by atoms with Crippen LogP contribution < -0.4 is 9.47 Å². The molecule has 1 heterocycles. The smallest absolute Gasteiger partial charge is 0.315 e. The van der Waals surface area contributed by atoms with E-state index in [0.717, 1.165) is 23.3 Å². The van der Waals surface area contributed by atoms with Gasteiger partial charge in [0.25, 0.3) is 0 Å². The van der Waals surface area contributed by atoms with Gasteiger partial charge >= 0.3 is 5.97 Å². The molecule has 0 aliphatic carbocycles. The quantitative estimate of drug-likeness (QED) is 0.631. The Bertz CT molecular complexity index is 698. The third-order valence-electron chi connectivity index (χ3n) is 3.22. The summed E-state index contributed by atoms with van der Waals surface area (Å²) in [4.78, 5) is 12.0. The zero-order chi connectivity index (χ0) is 14.8. The molecule has 2 aromatic carbocycles. The van der Waals surface area contributed by atoms with Crippen LogP contribution in [0.15, 0.2) is 36.4 Å². The lowest BCUT2D eigenvalue weighted by atomic mass is 10.1. The topological polar surface area (TPSA) is 35.5 Å². The summed E-state index contributed by atoms with van der Waals surface area (Å²) >= 11 is 11.8. The van der Waals surface area contributed by atoms with Crippen LogP contribution >= 0.6 is 23.2 Å². The van der Waals surface area contributed by atoms with E-state index in [1.165, 1.54) is 0 Å². The van der Waals surface area contributed by atoms with Gasteiger partial charge in [-0.3, -0.25) is 4.79 Å². The van der Waals surface area contributed by atoms with Crippen LogP contribution in [0.5, 0.6) is 11.5 Å². The van der Waals surface area contributed by atoms with E-state index in [1.807, 2.05) is 18.2 Å². The third kappa shape index (κ3) is 3.31. The molecule has 3 rings (SSSR count). The number of carbonyl (C=O) groups excluding carboxylic acids is 1. The highest BCUT2D eigenvalue weighted by molar-refractivity contribution is 6.35. The minimum Gasteiger partial charge on any atom is -0.493 e. The molecule has 3 nitrogen and oxygen atoms in total. The van der Waals surface area contributed by atoms with Gasteiger partial charge in [-0.15, -0.1) is 0 Å². The normalized spacial score (nSPS) is 12.7. The van der Waals surface area contributed by atoms with Gasteiger partial charge in [-0.2, -0.15) is 0 Å². The van der Waals surface area contributed by atoms with E-state index in [0.29, 0.717) is 22.4 Å². The van der Waals surface area contributed by atoms with Crippen LogP contribution in [0.1, 0.15) is 11.1 Å². The lowest BCUT2D eigenvalue weighted by Crippen LogP contribution is -2.11. The van der Waals surface area contributed by atoms with E-state index in [4.69, 9.17) is 32.7 Å². The van der Waals surface area contributed by atoms with Gasteiger partial charge < -0.3 is 9.47 Å². The van der Waals surface area contributed by atoms with E-state index >= 15 is 0 Å². The number of fused-ring (bicyclic) bond motifs is 1. The van der Waals surface area contributed by atoms with Crippen molar-refractivity contribution in [2.45, 2.75) is 12.8 Å². The molecular weight excluding hydrogens is 311 g/mol. The zero-order valence-electron chi connectivity index (χ0n) is 11.1. The van der Waals surface area contributed by atoms with E-state index in [-0.39, 0.29) is 12.4 Å². The molecule has 0 N–H and O–H groups in total. The molecule has 1 aliphatic heterocycles. The predicted octanol–water partition coefficient (Wildman–Crippen LogP) is 4.08. The van der Waals surface area contributed by atoms with Crippen molar-refractivity contribution in [3.05, 3.63) is 57.6 Å². The fraction of sp³-hybridized carbons (Fsp3) is 0.188. The fourth-order valence-electron chi connectivity index (χ4n) is 2.23. The SMILES string of the molecule is O=C(Cc1ccc2c(c1)CCO2)Oc1ccc(Cl)cc1Cl. The maximum absolute atomic E-state index is 12.0. The van der Waals surface area contributed by atoms with Crippen molar-refractivity contribution in [1.29, 1.82) is 0 Å². The Kier molecular flexibility index (Phi) is 4.04. The second kappa shape index (κ2) is 5.96. The van der Waals surface area contributed by atoms with Crippen molar-refractivity contribution in [3.63, 3.8) is 0 Å². The van der Waals surface area contributed by atoms with Gasteiger partial charge in [0.05, 0.1) is 18.1 Å². The molecule has 0 aromatic heterocycles. The van der Waals surface area contributed by atoms with Crippen LogP contribution in [0.25, 0.3) is 0 Å². The molecule has 0 fully saturated rings. The minimum absolute atomic E-state index is 0.187. The van der Waals surface area contributed by atoms with E-state index in [1.54, 1.807) is 18.2 Å². The van der Waals surface area contributed by atoms with Gasteiger partial charge in [0, 0.05) is 11.4 Å².